The molecular weight excluding hydrogens is 234 g/mol. The summed E-state index contributed by atoms with van der Waals surface area (Å²) in [5, 5.41) is 8.54. The van der Waals surface area contributed by atoms with Crippen molar-refractivity contribution in [2.75, 3.05) is 14.2 Å². The summed E-state index contributed by atoms with van der Waals surface area (Å²) in [6.45, 7) is 0.404. The van der Waals surface area contributed by atoms with Crippen LogP contribution in [0.15, 0.2) is 30.3 Å². The van der Waals surface area contributed by atoms with Crippen molar-refractivity contribution >= 4 is 18.1 Å². The molecule has 0 atom stereocenters. The van der Waals surface area contributed by atoms with Crippen LogP contribution in [0.1, 0.15) is 11.1 Å². The Morgan fingerprint density at radius 1 is 1.44 bits per heavy atom. The number of nitrogens with zero attached hydrogens (tertiary/aromatic N) is 1. The lowest BCUT2D eigenvalue weighted by Gasteiger charge is -2.15. The van der Waals surface area contributed by atoms with Crippen molar-refractivity contribution in [3.05, 3.63) is 41.5 Å². The van der Waals surface area contributed by atoms with E-state index in [0.29, 0.717) is 6.54 Å². The maximum atomic E-state index is 11.2. The monoisotopic (exact) mass is 249 g/mol. The van der Waals surface area contributed by atoms with Crippen LogP contribution in [0.2, 0.25) is 0 Å². The van der Waals surface area contributed by atoms with Crippen LogP contribution in [-0.2, 0) is 16.1 Å². The van der Waals surface area contributed by atoms with Gasteiger partial charge in [0.15, 0.2) is 0 Å². The number of carbonyl (C=O) groups excluding carboxylic acids is 1. The molecule has 0 saturated heterocycles. The lowest BCUT2D eigenvalue weighted by molar-refractivity contribution is -0.131. The fourth-order valence-corrected chi connectivity index (χ4v) is 1.46. The van der Waals surface area contributed by atoms with Crippen LogP contribution < -0.4 is 0 Å². The van der Waals surface area contributed by atoms with Gasteiger partial charge in [-0.25, -0.2) is 9.59 Å². The molecule has 0 aromatic heterocycles. The van der Waals surface area contributed by atoms with Gasteiger partial charge in [-0.3, -0.25) is 0 Å². The number of benzene rings is 1. The number of rotatable bonds is 4. The first-order chi connectivity index (χ1) is 8.52. The minimum atomic E-state index is -0.993. The fraction of sp³-hybridized carbons (Fsp3) is 0.231. The van der Waals surface area contributed by atoms with E-state index in [1.807, 2.05) is 18.2 Å². The number of aliphatic carboxylic acids is 1. The Hall–Kier alpha value is -2.30. The molecule has 0 aliphatic rings. The van der Waals surface area contributed by atoms with Gasteiger partial charge in [0.1, 0.15) is 0 Å². The van der Waals surface area contributed by atoms with E-state index in [-0.39, 0.29) is 0 Å². The summed E-state index contributed by atoms with van der Waals surface area (Å²) >= 11 is 0. The topological polar surface area (TPSA) is 66.8 Å². The van der Waals surface area contributed by atoms with Gasteiger partial charge in [-0.2, -0.15) is 0 Å². The second-order valence-corrected chi connectivity index (χ2v) is 3.74. The second-order valence-electron chi connectivity index (χ2n) is 3.74. The molecular formula is C13H15NO4. The highest BCUT2D eigenvalue weighted by molar-refractivity contribution is 5.85. The summed E-state index contributed by atoms with van der Waals surface area (Å²) in [6.07, 6.45) is 2.16. The predicted octanol–water partition coefficient (Wildman–Crippen LogP) is 1.98. The summed E-state index contributed by atoms with van der Waals surface area (Å²) < 4.78 is 4.59. The van der Waals surface area contributed by atoms with Crippen LogP contribution >= 0.6 is 0 Å². The number of methoxy groups -OCH3 is 1. The van der Waals surface area contributed by atoms with Gasteiger partial charge in [0.05, 0.1) is 7.11 Å². The molecule has 0 heterocycles. The molecule has 0 radical (unpaired) electrons. The first-order valence-electron chi connectivity index (χ1n) is 5.32. The number of amides is 1. The quantitative estimate of drug-likeness (QED) is 0.828. The molecule has 5 heteroatoms. The summed E-state index contributed by atoms with van der Waals surface area (Å²) in [7, 11) is 2.95. The second kappa shape index (κ2) is 6.44. The highest BCUT2D eigenvalue weighted by Gasteiger charge is 2.08. The molecule has 1 aromatic carbocycles. The van der Waals surface area contributed by atoms with Gasteiger partial charge in [0.2, 0.25) is 0 Å². The maximum Gasteiger partial charge on any atom is 0.409 e. The van der Waals surface area contributed by atoms with Crippen molar-refractivity contribution in [1.82, 2.24) is 4.90 Å². The van der Waals surface area contributed by atoms with Crippen molar-refractivity contribution in [1.29, 1.82) is 0 Å². The van der Waals surface area contributed by atoms with Crippen molar-refractivity contribution < 1.29 is 19.4 Å². The average Bonchev–Trinajstić information content (AvgIpc) is 2.35. The molecule has 1 rings (SSSR count). The fourth-order valence-electron chi connectivity index (χ4n) is 1.46. The molecule has 0 bridgehead atoms. The van der Waals surface area contributed by atoms with Gasteiger partial charge >= 0.3 is 12.1 Å². The molecule has 0 aliphatic heterocycles. The van der Waals surface area contributed by atoms with Crippen molar-refractivity contribution in [2.24, 2.45) is 0 Å². The van der Waals surface area contributed by atoms with E-state index < -0.39 is 12.1 Å². The SMILES string of the molecule is COC(=O)N(C)Cc1cccc(/C=C/C(=O)O)c1. The van der Waals surface area contributed by atoms with Crippen LogP contribution in [0, 0.1) is 0 Å². The molecule has 0 aliphatic carbocycles. The third-order valence-corrected chi connectivity index (χ3v) is 2.28. The zero-order valence-electron chi connectivity index (χ0n) is 10.3. The van der Waals surface area contributed by atoms with Crippen LogP contribution in [0.3, 0.4) is 0 Å². The highest BCUT2D eigenvalue weighted by atomic mass is 16.5. The van der Waals surface area contributed by atoms with Gasteiger partial charge in [0.25, 0.3) is 0 Å². The van der Waals surface area contributed by atoms with E-state index in [9.17, 15) is 9.59 Å². The summed E-state index contributed by atoms with van der Waals surface area (Å²) in [5.74, 6) is -0.993. The average molecular weight is 249 g/mol. The summed E-state index contributed by atoms with van der Waals surface area (Å²) in [4.78, 5) is 23.1. The molecule has 0 spiro atoms. The molecule has 5 nitrogen and oxygen atoms in total. The van der Waals surface area contributed by atoms with Gasteiger partial charge in [-0.1, -0.05) is 18.2 Å². The van der Waals surface area contributed by atoms with E-state index in [1.165, 1.54) is 18.1 Å². The molecule has 1 aromatic rings. The number of carbonyl (C=O) groups is 2. The van der Waals surface area contributed by atoms with Crippen LogP contribution in [0.4, 0.5) is 4.79 Å². The zero-order valence-corrected chi connectivity index (χ0v) is 10.3. The normalized spacial score (nSPS) is 10.3. The van der Waals surface area contributed by atoms with Crippen LogP contribution in [0.5, 0.6) is 0 Å². The van der Waals surface area contributed by atoms with Gasteiger partial charge < -0.3 is 14.7 Å². The molecule has 1 N–H and O–H groups in total. The molecule has 0 unspecified atom stereocenters. The molecule has 18 heavy (non-hydrogen) atoms. The van der Waals surface area contributed by atoms with Crippen molar-refractivity contribution in [3.8, 4) is 0 Å². The molecule has 96 valence electrons. The Labute approximate surface area is 105 Å². The van der Waals surface area contributed by atoms with Crippen LogP contribution in [-0.4, -0.2) is 36.2 Å². The van der Waals surface area contributed by atoms with Gasteiger partial charge in [0, 0.05) is 19.7 Å². The molecule has 1 amide bonds. The first kappa shape index (κ1) is 13.8. The number of carboxylic acids is 1. The Balaban J connectivity index is 2.76. The van der Waals surface area contributed by atoms with Crippen molar-refractivity contribution in [3.63, 3.8) is 0 Å². The first-order valence-corrected chi connectivity index (χ1v) is 5.32. The van der Waals surface area contributed by atoms with E-state index in [4.69, 9.17) is 5.11 Å². The Kier molecular flexibility index (Phi) is 4.92. The Bertz CT molecular complexity index is 468. The minimum Gasteiger partial charge on any atom is -0.478 e. The zero-order chi connectivity index (χ0) is 13.5. The van der Waals surface area contributed by atoms with E-state index in [0.717, 1.165) is 17.2 Å². The predicted molar refractivity (Wildman–Crippen MR) is 67.0 cm³/mol. The number of ether oxygens (including phenoxy) is 1. The summed E-state index contributed by atoms with van der Waals surface area (Å²) in [6, 6.07) is 7.28. The summed E-state index contributed by atoms with van der Waals surface area (Å²) in [5.41, 5.74) is 1.67. The third kappa shape index (κ3) is 4.29. The Morgan fingerprint density at radius 2 is 2.17 bits per heavy atom. The maximum absolute atomic E-state index is 11.2. The number of hydrogen-bond donors (Lipinski definition) is 1. The lowest BCUT2D eigenvalue weighted by atomic mass is 10.1. The van der Waals surface area contributed by atoms with Crippen LogP contribution in [0.25, 0.3) is 6.08 Å². The number of hydrogen-bond acceptors (Lipinski definition) is 3. The molecule has 0 saturated carbocycles. The van der Waals surface area contributed by atoms with E-state index in [1.54, 1.807) is 13.1 Å². The molecule has 0 fully saturated rings. The lowest BCUT2D eigenvalue weighted by Crippen LogP contribution is -2.25. The Morgan fingerprint density at radius 3 is 2.78 bits per heavy atom. The minimum absolute atomic E-state index is 0.404. The third-order valence-electron chi connectivity index (χ3n) is 2.28. The van der Waals surface area contributed by atoms with Gasteiger partial charge in [-0.15, -0.1) is 0 Å². The standard InChI is InChI=1S/C13H15NO4/c1-14(13(17)18-2)9-11-5-3-4-10(8-11)6-7-12(15)16/h3-8H,9H2,1-2H3,(H,15,16)/b7-6+. The van der Waals surface area contributed by atoms with E-state index in [2.05, 4.69) is 4.74 Å². The smallest absolute Gasteiger partial charge is 0.409 e. The number of carboxylic acid groups (broad SMARTS) is 1. The largest absolute Gasteiger partial charge is 0.478 e. The van der Waals surface area contributed by atoms with Crippen molar-refractivity contribution in [2.45, 2.75) is 6.54 Å². The van der Waals surface area contributed by atoms with Gasteiger partial charge in [-0.05, 0) is 23.3 Å². The van der Waals surface area contributed by atoms with E-state index >= 15 is 0 Å². The highest BCUT2D eigenvalue weighted by Crippen LogP contribution is 2.09.